The van der Waals surface area contributed by atoms with Gasteiger partial charge in [0.1, 0.15) is 0 Å². The van der Waals surface area contributed by atoms with Gasteiger partial charge in [0, 0.05) is 18.4 Å². The van der Waals surface area contributed by atoms with Gasteiger partial charge in [-0.05, 0) is 56.1 Å². The van der Waals surface area contributed by atoms with E-state index < -0.39 is 9.84 Å². The molecule has 1 amide bonds. The van der Waals surface area contributed by atoms with Gasteiger partial charge in [-0.15, -0.1) is 0 Å². The van der Waals surface area contributed by atoms with E-state index >= 15 is 0 Å². The minimum absolute atomic E-state index is 0.121. The molecule has 1 atom stereocenters. The summed E-state index contributed by atoms with van der Waals surface area (Å²) >= 11 is 0. The van der Waals surface area contributed by atoms with Gasteiger partial charge in [-0.1, -0.05) is 36.4 Å². The van der Waals surface area contributed by atoms with Crippen LogP contribution in [0.15, 0.2) is 53.4 Å². The molecule has 0 spiro atoms. The lowest BCUT2D eigenvalue weighted by molar-refractivity contribution is 0.0937. The SMILES string of the molecule is Cc1ccc(S(C)(=O)=O)cc1C(=O)NCC(c1ccccc1)N1CCCC1. The van der Waals surface area contributed by atoms with Crippen LogP contribution in [0.3, 0.4) is 0 Å². The van der Waals surface area contributed by atoms with Crippen molar-refractivity contribution in [3.63, 3.8) is 0 Å². The van der Waals surface area contributed by atoms with E-state index in [4.69, 9.17) is 0 Å². The Bertz CT molecular complexity index is 904. The molecule has 0 saturated carbocycles. The summed E-state index contributed by atoms with van der Waals surface area (Å²) < 4.78 is 23.6. The molecule has 1 fully saturated rings. The summed E-state index contributed by atoms with van der Waals surface area (Å²) in [5, 5.41) is 3.02. The molecule has 144 valence electrons. The molecule has 1 heterocycles. The van der Waals surface area contributed by atoms with E-state index in [0.29, 0.717) is 12.1 Å². The second-order valence-electron chi connectivity index (χ2n) is 7.13. The quantitative estimate of drug-likeness (QED) is 0.829. The molecule has 1 saturated heterocycles. The minimum atomic E-state index is -3.35. The van der Waals surface area contributed by atoms with Gasteiger partial charge in [0.05, 0.1) is 10.9 Å². The number of hydrogen-bond donors (Lipinski definition) is 1. The Morgan fingerprint density at radius 1 is 1.11 bits per heavy atom. The molecule has 1 aliphatic rings. The second-order valence-corrected chi connectivity index (χ2v) is 9.14. The van der Waals surface area contributed by atoms with Crippen LogP contribution in [0.4, 0.5) is 0 Å². The third kappa shape index (κ3) is 4.76. The molecule has 0 aliphatic carbocycles. The molecule has 5 nitrogen and oxygen atoms in total. The molecule has 1 aliphatic heterocycles. The average Bonchev–Trinajstić information content (AvgIpc) is 3.16. The largest absolute Gasteiger partial charge is 0.350 e. The number of rotatable bonds is 6. The smallest absolute Gasteiger partial charge is 0.251 e. The number of likely N-dealkylation sites (tertiary alicyclic amines) is 1. The highest BCUT2D eigenvalue weighted by Crippen LogP contribution is 2.24. The van der Waals surface area contributed by atoms with E-state index in [1.807, 2.05) is 25.1 Å². The maximum absolute atomic E-state index is 12.8. The topological polar surface area (TPSA) is 66.5 Å². The molecule has 2 aromatic carbocycles. The fraction of sp³-hybridized carbons (Fsp3) is 0.381. The first-order valence-corrected chi connectivity index (χ1v) is 11.1. The Labute approximate surface area is 161 Å². The molecular formula is C21H26N2O3S. The molecule has 6 heteroatoms. The predicted octanol–water partition coefficient (Wildman–Crippen LogP) is 2.97. The van der Waals surface area contributed by atoms with Gasteiger partial charge in [0.2, 0.25) is 0 Å². The maximum Gasteiger partial charge on any atom is 0.251 e. The lowest BCUT2D eigenvalue weighted by Gasteiger charge is -2.28. The first kappa shape index (κ1) is 19.6. The van der Waals surface area contributed by atoms with E-state index in [1.54, 1.807) is 12.1 Å². The number of aryl methyl sites for hydroxylation is 1. The van der Waals surface area contributed by atoms with Gasteiger partial charge in [-0.3, -0.25) is 9.69 Å². The number of nitrogens with one attached hydrogen (secondary N) is 1. The third-order valence-electron chi connectivity index (χ3n) is 5.10. The maximum atomic E-state index is 12.8. The highest BCUT2D eigenvalue weighted by Gasteiger charge is 2.24. The summed E-state index contributed by atoms with van der Waals surface area (Å²) in [6.07, 6.45) is 3.50. The summed E-state index contributed by atoms with van der Waals surface area (Å²) in [6, 6.07) is 15.0. The van der Waals surface area contributed by atoms with Gasteiger partial charge in [-0.25, -0.2) is 8.42 Å². The van der Waals surface area contributed by atoms with Gasteiger partial charge in [0.15, 0.2) is 9.84 Å². The zero-order chi connectivity index (χ0) is 19.4. The van der Waals surface area contributed by atoms with Crippen LogP contribution in [-0.2, 0) is 9.84 Å². The number of hydrogen-bond acceptors (Lipinski definition) is 4. The van der Waals surface area contributed by atoms with Crippen molar-refractivity contribution >= 4 is 15.7 Å². The number of sulfone groups is 1. The van der Waals surface area contributed by atoms with Crippen molar-refractivity contribution in [1.82, 2.24) is 10.2 Å². The van der Waals surface area contributed by atoms with E-state index in [1.165, 1.54) is 24.5 Å². The molecule has 0 radical (unpaired) electrons. The molecule has 0 bridgehead atoms. The third-order valence-corrected chi connectivity index (χ3v) is 6.21. The van der Waals surface area contributed by atoms with Gasteiger partial charge >= 0.3 is 0 Å². The molecule has 3 rings (SSSR count). The number of carbonyl (C=O) groups excluding carboxylic acids is 1. The van der Waals surface area contributed by atoms with Gasteiger partial charge in [0.25, 0.3) is 5.91 Å². The Hall–Kier alpha value is -2.18. The molecular weight excluding hydrogens is 360 g/mol. The molecule has 1 unspecified atom stereocenters. The van der Waals surface area contributed by atoms with Crippen LogP contribution in [0.5, 0.6) is 0 Å². The number of nitrogens with zero attached hydrogens (tertiary/aromatic N) is 1. The molecule has 27 heavy (non-hydrogen) atoms. The normalized spacial score (nSPS) is 16.2. The summed E-state index contributed by atoms with van der Waals surface area (Å²) in [4.78, 5) is 15.3. The van der Waals surface area contributed by atoms with Gasteiger partial charge in [-0.2, -0.15) is 0 Å². The molecule has 1 N–H and O–H groups in total. The van der Waals surface area contributed by atoms with E-state index in [0.717, 1.165) is 24.9 Å². The lowest BCUT2D eigenvalue weighted by atomic mass is 10.0. The van der Waals surface area contributed by atoms with Crippen LogP contribution >= 0.6 is 0 Å². The Morgan fingerprint density at radius 3 is 2.41 bits per heavy atom. The van der Waals surface area contributed by atoms with E-state index in [9.17, 15) is 13.2 Å². The minimum Gasteiger partial charge on any atom is -0.350 e. The monoisotopic (exact) mass is 386 g/mol. The number of benzene rings is 2. The van der Waals surface area contributed by atoms with Crippen LogP contribution in [0, 0.1) is 6.92 Å². The van der Waals surface area contributed by atoms with Crippen molar-refractivity contribution in [2.75, 3.05) is 25.9 Å². The van der Waals surface area contributed by atoms with Crippen LogP contribution < -0.4 is 5.32 Å². The van der Waals surface area contributed by atoms with Gasteiger partial charge < -0.3 is 5.32 Å². The molecule has 0 aromatic heterocycles. The summed E-state index contributed by atoms with van der Waals surface area (Å²) in [7, 11) is -3.35. The first-order chi connectivity index (χ1) is 12.9. The zero-order valence-electron chi connectivity index (χ0n) is 15.8. The van der Waals surface area contributed by atoms with Crippen molar-refractivity contribution < 1.29 is 13.2 Å². The van der Waals surface area contributed by atoms with Crippen molar-refractivity contribution in [2.45, 2.75) is 30.7 Å². The van der Waals surface area contributed by atoms with Crippen molar-refractivity contribution in [2.24, 2.45) is 0 Å². The number of amides is 1. The Kier molecular flexibility index (Phi) is 5.97. The number of carbonyl (C=O) groups is 1. The first-order valence-electron chi connectivity index (χ1n) is 9.24. The average molecular weight is 387 g/mol. The second kappa shape index (κ2) is 8.23. The van der Waals surface area contributed by atoms with Crippen molar-refractivity contribution in [1.29, 1.82) is 0 Å². The van der Waals surface area contributed by atoms with Crippen LogP contribution in [0.2, 0.25) is 0 Å². The van der Waals surface area contributed by atoms with Crippen molar-refractivity contribution in [3.8, 4) is 0 Å². The van der Waals surface area contributed by atoms with Crippen molar-refractivity contribution in [3.05, 3.63) is 65.2 Å². The van der Waals surface area contributed by atoms with Crippen LogP contribution in [-0.4, -0.2) is 45.1 Å². The predicted molar refractivity (Wildman–Crippen MR) is 107 cm³/mol. The van der Waals surface area contributed by atoms with Crippen LogP contribution in [0.25, 0.3) is 0 Å². The Balaban J connectivity index is 1.78. The fourth-order valence-corrected chi connectivity index (χ4v) is 4.19. The standard InChI is InChI=1S/C21H26N2O3S/c1-16-10-11-18(27(2,25)26)14-19(16)21(24)22-15-20(23-12-6-7-13-23)17-8-4-3-5-9-17/h3-5,8-11,14,20H,6-7,12-13,15H2,1-2H3,(H,22,24). The zero-order valence-corrected chi connectivity index (χ0v) is 16.6. The molecule has 2 aromatic rings. The van der Waals surface area contributed by atoms with E-state index in [-0.39, 0.29) is 16.8 Å². The summed E-state index contributed by atoms with van der Waals surface area (Å²) in [6.45, 7) is 4.36. The lowest BCUT2D eigenvalue weighted by Crippen LogP contribution is -2.37. The Morgan fingerprint density at radius 2 is 1.78 bits per heavy atom. The van der Waals surface area contributed by atoms with Crippen LogP contribution in [0.1, 0.15) is 40.4 Å². The van der Waals surface area contributed by atoms with E-state index in [2.05, 4.69) is 22.3 Å². The highest BCUT2D eigenvalue weighted by atomic mass is 32.2. The summed E-state index contributed by atoms with van der Waals surface area (Å²) in [5.41, 5.74) is 2.35. The highest BCUT2D eigenvalue weighted by molar-refractivity contribution is 7.90. The fourth-order valence-electron chi connectivity index (χ4n) is 3.55. The summed E-state index contributed by atoms with van der Waals surface area (Å²) in [5.74, 6) is -0.238.